The molecule has 0 bridgehead atoms. The summed E-state index contributed by atoms with van der Waals surface area (Å²) in [5.41, 5.74) is 7.28. The number of hydrogen-bond acceptors (Lipinski definition) is 3. The molecule has 1 aromatic carbocycles. The van der Waals surface area contributed by atoms with Crippen LogP contribution in [0, 0.1) is 0 Å². The van der Waals surface area contributed by atoms with E-state index in [1.165, 1.54) is 18.4 Å². The average Bonchev–Trinajstić information content (AvgIpc) is 2.42. The first-order valence-electron chi connectivity index (χ1n) is 7.38. The Morgan fingerprint density at radius 2 is 1.79 bits per heavy atom. The third-order valence-electron chi connectivity index (χ3n) is 4.47. The predicted octanol–water partition coefficient (Wildman–Crippen LogP) is 3.05. The van der Waals surface area contributed by atoms with Gasteiger partial charge in [0.25, 0.3) is 0 Å². The lowest BCUT2D eigenvalue weighted by atomic mass is 9.89. The topological polar surface area (TPSA) is 49.5 Å². The average molecular weight is 262 g/mol. The van der Waals surface area contributed by atoms with Gasteiger partial charge in [-0.25, -0.2) is 0 Å². The van der Waals surface area contributed by atoms with Gasteiger partial charge >= 0.3 is 0 Å². The summed E-state index contributed by atoms with van der Waals surface area (Å²) in [4.78, 5) is 2.50. The predicted molar refractivity (Wildman–Crippen MR) is 79.1 cm³/mol. The zero-order valence-electron chi connectivity index (χ0n) is 12.0. The van der Waals surface area contributed by atoms with E-state index in [-0.39, 0.29) is 0 Å². The molecule has 0 aliphatic heterocycles. The zero-order valence-corrected chi connectivity index (χ0v) is 12.0. The molecule has 0 saturated heterocycles. The Kier molecular flexibility index (Phi) is 4.83. The normalized spacial score (nSPS) is 25.5. The number of benzene rings is 1. The summed E-state index contributed by atoms with van der Waals surface area (Å²) >= 11 is 0. The minimum atomic E-state index is 0.338. The van der Waals surface area contributed by atoms with Crippen LogP contribution in [0.2, 0.25) is 0 Å². The van der Waals surface area contributed by atoms with Gasteiger partial charge in [-0.05, 0) is 56.8 Å². The number of nitrogens with two attached hydrogens (primary N) is 1. The largest absolute Gasteiger partial charge is 0.508 e. The van der Waals surface area contributed by atoms with E-state index in [1.807, 2.05) is 12.1 Å². The van der Waals surface area contributed by atoms with E-state index >= 15 is 0 Å². The second-order valence-electron chi connectivity index (χ2n) is 5.75. The van der Waals surface area contributed by atoms with Crippen LogP contribution in [0.5, 0.6) is 5.75 Å². The van der Waals surface area contributed by atoms with Crippen LogP contribution in [0.15, 0.2) is 24.3 Å². The van der Waals surface area contributed by atoms with Crippen LogP contribution in [-0.2, 0) is 0 Å². The monoisotopic (exact) mass is 262 g/mol. The Morgan fingerprint density at radius 3 is 2.32 bits per heavy atom. The Bertz CT molecular complexity index is 382. The third-order valence-corrected chi connectivity index (χ3v) is 4.47. The van der Waals surface area contributed by atoms with E-state index in [0.717, 1.165) is 19.3 Å². The van der Waals surface area contributed by atoms with Crippen molar-refractivity contribution in [1.29, 1.82) is 0 Å². The fourth-order valence-electron chi connectivity index (χ4n) is 3.22. The molecule has 3 nitrogen and oxygen atoms in total. The quantitative estimate of drug-likeness (QED) is 0.877. The summed E-state index contributed by atoms with van der Waals surface area (Å²) < 4.78 is 0. The summed E-state index contributed by atoms with van der Waals surface area (Å²) in [5, 5.41) is 9.40. The molecule has 1 fully saturated rings. The summed E-state index contributed by atoms with van der Waals surface area (Å²) in [6, 6.07) is 9.10. The molecule has 0 aromatic heterocycles. The molecule has 1 unspecified atom stereocenters. The van der Waals surface area contributed by atoms with E-state index in [4.69, 9.17) is 5.73 Å². The first-order valence-corrected chi connectivity index (χ1v) is 7.38. The van der Waals surface area contributed by atoms with E-state index in [0.29, 0.717) is 23.9 Å². The molecule has 3 heteroatoms. The van der Waals surface area contributed by atoms with Crippen LogP contribution >= 0.6 is 0 Å². The summed E-state index contributed by atoms with van der Waals surface area (Å²) in [6.45, 7) is 2.22. The second-order valence-corrected chi connectivity index (χ2v) is 5.75. The standard InChI is InChI=1S/C16H26N2O/c1-3-16(12-4-10-15(19)11-5-12)18(2)14-8-6-13(17)7-9-14/h4-5,10-11,13-14,16,19H,3,6-9,17H2,1-2H3. The number of aromatic hydroxyl groups is 1. The Balaban J connectivity index is 2.06. The third kappa shape index (κ3) is 3.48. The summed E-state index contributed by atoms with van der Waals surface area (Å²) in [7, 11) is 2.22. The van der Waals surface area contributed by atoms with Gasteiger partial charge in [0.15, 0.2) is 0 Å². The fourth-order valence-corrected chi connectivity index (χ4v) is 3.22. The van der Waals surface area contributed by atoms with Gasteiger partial charge in [0, 0.05) is 18.1 Å². The molecule has 1 aromatic rings. The lowest BCUT2D eigenvalue weighted by molar-refractivity contribution is 0.128. The molecule has 0 radical (unpaired) electrons. The number of phenolic OH excluding ortho intramolecular Hbond substituents is 1. The maximum atomic E-state index is 9.40. The van der Waals surface area contributed by atoms with Crippen LogP contribution in [0.3, 0.4) is 0 Å². The number of phenols is 1. The van der Waals surface area contributed by atoms with Crippen molar-refractivity contribution in [1.82, 2.24) is 4.90 Å². The van der Waals surface area contributed by atoms with Crippen LogP contribution in [0.25, 0.3) is 0 Å². The highest BCUT2D eigenvalue weighted by Crippen LogP contribution is 2.31. The maximum Gasteiger partial charge on any atom is 0.115 e. The van der Waals surface area contributed by atoms with Gasteiger partial charge in [0.05, 0.1) is 0 Å². The fraction of sp³-hybridized carbons (Fsp3) is 0.625. The molecule has 1 aliphatic rings. The molecule has 1 atom stereocenters. The maximum absolute atomic E-state index is 9.40. The van der Waals surface area contributed by atoms with E-state index in [9.17, 15) is 5.11 Å². The first-order chi connectivity index (χ1) is 9.11. The van der Waals surface area contributed by atoms with Gasteiger partial charge in [-0.15, -0.1) is 0 Å². The Morgan fingerprint density at radius 1 is 1.21 bits per heavy atom. The SMILES string of the molecule is CCC(c1ccc(O)cc1)N(C)C1CCC(N)CC1. The van der Waals surface area contributed by atoms with Crippen molar-refractivity contribution in [3.63, 3.8) is 0 Å². The van der Waals surface area contributed by atoms with Crippen molar-refractivity contribution in [2.45, 2.75) is 57.2 Å². The highest BCUT2D eigenvalue weighted by Gasteiger charge is 2.26. The number of rotatable bonds is 4. The van der Waals surface area contributed by atoms with Gasteiger partial charge in [-0.1, -0.05) is 19.1 Å². The molecule has 3 N–H and O–H groups in total. The molecular weight excluding hydrogens is 236 g/mol. The second kappa shape index (κ2) is 6.40. The molecule has 1 aliphatic carbocycles. The molecule has 0 spiro atoms. The van der Waals surface area contributed by atoms with E-state index < -0.39 is 0 Å². The van der Waals surface area contributed by atoms with Gasteiger partial charge in [0.1, 0.15) is 5.75 Å². The van der Waals surface area contributed by atoms with E-state index in [2.05, 4.69) is 18.9 Å². The molecule has 0 heterocycles. The Labute approximate surface area is 116 Å². The molecule has 19 heavy (non-hydrogen) atoms. The van der Waals surface area contributed by atoms with Crippen LogP contribution in [0.4, 0.5) is 0 Å². The van der Waals surface area contributed by atoms with Crippen LogP contribution in [-0.4, -0.2) is 29.1 Å². The highest BCUT2D eigenvalue weighted by molar-refractivity contribution is 5.28. The lowest BCUT2D eigenvalue weighted by Crippen LogP contribution is -2.40. The molecule has 2 rings (SSSR count). The van der Waals surface area contributed by atoms with Gasteiger partial charge in [-0.3, -0.25) is 4.90 Å². The van der Waals surface area contributed by atoms with E-state index in [1.54, 1.807) is 12.1 Å². The number of hydrogen-bond donors (Lipinski definition) is 2. The molecule has 0 amide bonds. The first kappa shape index (κ1) is 14.4. The van der Waals surface area contributed by atoms with Crippen molar-refractivity contribution in [3.05, 3.63) is 29.8 Å². The summed E-state index contributed by atoms with van der Waals surface area (Å²) in [6.07, 6.45) is 5.77. The van der Waals surface area contributed by atoms with Crippen molar-refractivity contribution < 1.29 is 5.11 Å². The smallest absolute Gasteiger partial charge is 0.115 e. The highest BCUT2D eigenvalue weighted by atomic mass is 16.3. The van der Waals surface area contributed by atoms with Gasteiger partial charge in [0.2, 0.25) is 0 Å². The molecular formula is C16H26N2O. The summed E-state index contributed by atoms with van der Waals surface area (Å²) in [5.74, 6) is 0.338. The van der Waals surface area contributed by atoms with Gasteiger partial charge < -0.3 is 10.8 Å². The van der Waals surface area contributed by atoms with Crippen molar-refractivity contribution in [2.75, 3.05) is 7.05 Å². The minimum Gasteiger partial charge on any atom is -0.508 e. The molecule has 1 saturated carbocycles. The van der Waals surface area contributed by atoms with Crippen LogP contribution < -0.4 is 5.73 Å². The van der Waals surface area contributed by atoms with Crippen molar-refractivity contribution in [2.24, 2.45) is 5.73 Å². The van der Waals surface area contributed by atoms with Gasteiger partial charge in [-0.2, -0.15) is 0 Å². The molecule has 106 valence electrons. The van der Waals surface area contributed by atoms with Crippen LogP contribution in [0.1, 0.15) is 50.6 Å². The van der Waals surface area contributed by atoms with Crippen molar-refractivity contribution >= 4 is 0 Å². The lowest BCUT2D eigenvalue weighted by Gasteiger charge is -2.38. The Hall–Kier alpha value is -1.06. The number of nitrogens with zero attached hydrogens (tertiary/aromatic N) is 1. The zero-order chi connectivity index (χ0) is 13.8. The minimum absolute atomic E-state index is 0.338. The van der Waals surface area contributed by atoms with Crippen molar-refractivity contribution in [3.8, 4) is 5.75 Å².